The number of hydrogen-bond donors (Lipinski definition) is 1. The van der Waals surface area contributed by atoms with Crippen molar-refractivity contribution in [3.05, 3.63) is 53.3 Å². The molecule has 1 aliphatic heterocycles. The molecule has 0 spiro atoms. The molecule has 0 aliphatic carbocycles. The summed E-state index contributed by atoms with van der Waals surface area (Å²) >= 11 is 0. The molecule has 0 amide bonds. The highest BCUT2D eigenvalue weighted by Gasteiger charge is 2.25. The van der Waals surface area contributed by atoms with E-state index in [0.717, 1.165) is 31.2 Å². The average molecular weight is 399 g/mol. The van der Waals surface area contributed by atoms with Crippen LogP contribution in [0.3, 0.4) is 0 Å². The Balaban J connectivity index is 1.74. The number of rotatable bonds is 6. The Morgan fingerprint density at radius 2 is 2.10 bits per heavy atom. The quantitative estimate of drug-likeness (QED) is 0.598. The predicted molar refractivity (Wildman–Crippen MR) is 117 cm³/mol. The van der Waals surface area contributed by atoms with E-state index in [9.17, 15) is 0 Å². The highest BCUT2D eigenvalue weighted by atomic mass is 16.5. The summed E-state index contributed by atoms with van der Waals surface area (Å²) in [5.74, 6) is 0.948. The molecule has 2 heterocycles. The van der Waals surface area contributed by atoms with Gasteiger partial charge in [-0.2, -0.15) is 5.10 Å². The number of nitrogens with one attached hydrogen (secondary N) is 1. The fourth-order valence-electron chi connectivity index (χ4n) is 3.60. The molecule has 1 aromatic heterocycles. The number of ether oxygens (including phenoxy) is 1. The van der Waals surface area contributed by atoms with Gasteiger partial charge in [-0.1, -0.05) is 29.8 Å². The van der Waals surface area contributed by atoms with Crippen LogP contribution in [-0.4, -0.2) is 72.4 Å². The van der Waals surface area contributed by atoms with E-state index in [2.05, 4.69) is 72.4 Å². The largest absolute Gasteiger partial charge is 0.370 e. The molecule has 7 nitrogen and oxygen atoms in total. The Bertz CT molecular complexity index is 798. The highest BCUT2D eigenvalue weighted by molar-refractivity contribution is 5.80. The number of aromatic nitrogens is 2. The molecule has 2 aromatic rings. The summed E-state index contributed by atoms with van der Waals surface area (Å²) in [4.78, 5) is 9.53. The van der Waals surface area contributed by atoms with Crippen molar-refractivity contribution in [2.45, 2.75) is 26.0 Å². The summed E-state index contributed by atoms with van der Waals surface area (Å²) < 4.78 is 7.81. The van der Waals surface area contributed by atoms with E-state index in [1.54, 1.807) is 0 Å². The normalized spacial score (nSPS) is 18.9. The van der Waals surface area contributed by atoms with Gasteiger partial charge in [-0.3, -0.25) is 9.67 Å². The lowest BCUT2D eigenvalue weighted by molar-refractivity contribution is -0.00807. The zero-order chi connectivity index (χ0) is 20.8. The van der Waals surface area contributed by atoms with Gasteiger partial charge in [-0.25, -0.2) is 0 Å². The van der Waals surface area contributed by atoms with Crippen molar-refractivity contribution in [3.8, 4) is 0 Å². The van der Waals surface area contributed by atoms with Gasteiger partial charge in [-0.15, -0.1) is 0 Å². The van der Waals surface area contributed by atoms with Crippen LogP contribution < -0.4 is 5.32 Å². The molecule has 1 N–H and O–H groups in total. The SMILES string of the molecule is CCNC(=NCC(c1ccc(C)cc1)N(C)C)N1CCOC(c2cnn(C)c2)C1. The summed E-state index contributed by atoms with van der Waals surface area (Å²) in [6.45, 7) is 8.05. The number of guanidine groups is 1. The number of nitrogens with zero attached hydrogens (tertiary/aromatic N) is 5. The molecule has 158 valence electrons. The van der Waals surface area contributed by atoms with Crippen LogP contribution in [0.25, 0.3) is 0 Å². The van der Waals surface area contributed by atoms with Gasteiger partial charge < -0.3 is 19.9 Å². The van der Waals surface area contributed by atoms with Crippen LogP contribution in [0.5, 0.6) is 0 Å². The van der Waals surface area contributed by atoms with E-state index >= 15 is 0 Å². The Morgan fingerprint density at radius 3 is 2.72 bits per heavy atom. The zero-order valence-corrected chi connectivity index (χ0v) is 18.3. The van der Waals surface area contributed by atoms with E-state index in [-0.39, 0.29) is 12.1 Å². The van der Waals surface area contributed by atoms with Gasteiger partial charge in [0, 0.05) is 31.9 Å². The Kier molecular flexibility index (Phi) is 7.28. The van der Waals surface area contributed by atoms with Gasteiger partial charge in [0.2, 0.25) is 0 Å². The lowest BCUT2D eigenvalue weighted by Crippen LogP contribution is -2.48. The van der Waals surface area contributed by atoms with Crippen LogP contribution in [0.4, 0.5) is 0 Å². The minimum absolute atomic E-state index is 0.0167. The maximum Gasteiger partial charge on any atom is 0.194 e. The average Bonchev–Trinajstić information content (AvgIpc) is 3.15. The summed E-state index contributed by atoms with van der Waals surface area (Å²) in [6, 6.07) is 8.98. The van der Waals surface area contributed by atoms with Crippen LogP contribution in [0.1, 0.15) is 35.8 Å². The first-order valence-corrected chi connectivity index (χ1v) is 10.3. The molecule has 0 radical (unpaired) electrons. The second-order valence-electron chi connectivity index (χ2n) is 7.84. The van der Waals surface area contributed by atoms with Gasteiger partial charge in [0.05, 0.1) is 31.9 Å². The van der Waals surface area contributed by atoms with E-state index in [0.29, 0.717) is 13.2 Å². The van der Waals surface area contributed by atoms with E-state index in [1.165, 1.54) is 11.1 Å². The number of morpholine rings is 1. The maximum atomic E-state index is 5.99. The van der Waals surface area contributed by atoms with Gasteiger partial charge in [0.1, 0.15) is 6.10 Å². The lowest BCUT2D eigenvalue weighted by Gasteiger charge is -2.35. The van der Waals surface area contributed by atoms with Crippen molar-refractivity contribution in [1.29, 1.82) is 0 Å². The summed E-state index contributed by atoms with van der Waals surface area (Å²) in [5.41, 5.74) is 3.67. The smallest absolute Gasteiger partial charge is 0.194 e. The monoisotopic (exact) mass is 398 g/mol. The van der Waals surface area contributed by atoms with Crippen molar-refractivity contribution in [1.82, 2.24) is 24.9 Å². The molecule has 1 fully saturated rings. The fraction of sp³-hybridized carbons (Fsp3) is 0.545. The molecule has 2 unspecified atom stereocenters. The van der Waals surface area contributed by atoms with Crippen molar-refractivity contribution < 1.29 is 4.74 Å². The number of benzene rings is 1. The second kappa shape index (κ2) is 9.89. The van der Waals surface area contributed by atoms with E-state index in [4.69, 9.17) is 9.73 Å². The molecule has 29 heavy (non-hydrogen) atoms. The van der Waals surface area contributed by atoms with Crippen LogP contribution in [0.15, 0.2) is 41.7 Å². The van der Waals surface area contributed by atoms with Crippen LogP contribution in [0, 0.1) is 6.92 Å². The lowest BCUT2D eigenvalue weighted by atomic mass is 10.0. The van der Waals surface area contributed by atoms with Crippen LogP contribution >= 0.6 is 0 Å². The minimum Gasteiger partial charge on any atom is -0.370 e. The molecule has 7 heteroatoms. The Morgan fingerprint density at radius 1 is 1.34 bits per heavy atom. The van der Waals surface area contributed by atoms with E-state index < -0.39 is 0 Å². The molecule has 2 atom stereocenters. The third-order valence-electron chi connectivity index (χ3n) is 5.30. The van der Waals surface area contributed by atoms with Gasteiger partial charge >= 0.3 is 0 Å². The van der Waals surface area contributed by atoms with Gasteiger partial charge in [-0.05, 0) is 33.5 Å². The third kappa shape index (κ3) is 5.58. The van der Waals surface area contributed by atoms with Crippen LogP contribution in [0.2, 0.25) is 0 Å². The van der Waals surface area contributed by atoms with Crippen molar-refractivity contribution in [2.24, 2.45) is 12.0 Å². The first-order chi connectivity index (χ1) is 14.0. The van der Waals surface area contributed by atoms with Crippen molar-refractivity contribution >= 4 is 5.96 Å². The summed E-state index contributed by atoms with van der Waals surface area (Å²) in [7, 11) is 6.16. The Labute approximate surface area is 174 Å². The summed E-state index contributed by atoms with van der Waals surface area (Å²) in [6.07, 6.45) is 3.93. The van der Waals surface area contributed by atoms with Gasteiger partial charge in [0.25, 0.3) is 0 Å². The molecule has 1 saturated heterocycles. The third-order valence-corrected chi connectivity index (χ3v) is 5.30. The van der Waals surface area contributed by atoms with Crippen molar-refractivity contribution in [2.75, 3.05) is 46.9 Å². The van der Waals surface area contributed by atoms with Crippen molar-refractivity contribution in [3.63, 3.8) is 0 Å². The maximum absolute atomic E-state index is 5.99. The first-order valence-electron chi connectivity index (χ1n) is 10.3. The fourth-order valence-corrected chi connectivity index (χ4v) is 3.60. The molecule has 0 saturated carbocycles. The minimum atomic E-state index is 0.0167. The number of aliphatic imine (C=N–C) groups is 1. The molecule has 1 aromatic carbocycles. The second-order valence-corrected chi connectivity index (χ2v) is 7.84. The molecular weight excluding hydrogens is 364 g/mol. The zero-order valence-electron chi connectivity index (χ0n) is 18.3. The first kappa shape index (κ1) is 21.3. The number of hydrogen-bond acceptors (Lipinski definition) is 4. The standard InChI is InChI=1S/C22H34N6O/c1-6-23-22(24-14-20(26(3)4)18-9-7-17(2)8-10-18)28-11-12-29-21(16-28)19-13-25-27(5)15-19/h7-10,13,15,20-21H,6,11-12,14,16H2,1-5H3,(H,23,24). The molecule has 1 aliphatic rings. The van der Waals surface area contributed by atoms with E-state index in [1.807, 2.05) is 24.1 Å². The highest BCUT2D eigenvalue weighted by Crippen LogP contribution is 2.23. The van der Waals surface area contributed by atoms with Gasteiger partial charge in [0.15, 0.2) is 5.96 Å². The van der Waals surface area contributed by atoms with Crippen LogP contribution in [-0.2, 0) is 11.8 Å². The Hall–Kier alpha value is -2.38. The summed E-state index contributed by atoms with van der Waals surface area (Å²) in [5, 5.41) is 7.75. The number of likely N-dealkylation sites (N-methyl/N-ethyl adjacent to an activating group) is 1. The number of aryl methyl sites for hydroxylation is 2. The topological polar surface area (TPSA) is 57.9 Å². The molecular formula is C22H34N6O. The predicted octanol–water partition coefficient (Wildman–Crippen LogP) is 2.37. The molecule has 3 rings (SSSR count). The molecule has 0 bridgehead atoms.